The van der Waals surface area contributed by atoms with Gasteiger partial charge in [0.1, 0.15) is 0 Å². The van der Waals surface area contributed by atoms with E-state index in [-0.39, 0.29) is 6.42 Å². The average Bonchev–Trinajstić information content (AvgIpc) is 2.60. The van der Waals surface area contributed by atoms with E-state index in [1.807, 2.05) is 0 Å². The molecule has 0 aliphatic heterocycles. The van der Waals surface area contributed by atoms with Crippen molar-refractivity contribution in [2.45, 2.75) is 24.3 Å². The number of hydrogen-bond donors (Lipinski definition) is 2. The summed E-state index contributed by atoms with van der Waals surface area (Å²) in [6.07, 6.45) is -1.70. The molecule has 2 fully saturated rings. The van der Waals surface area contributed by atoms with Crippen molar-refractivity contribution in [2.24, 2.45) is 11.8 Å². The summed E-state index contributed by atoms with van der Waals surface area (Å²) in [6, 6.07) is 0. The first kappa shape index (κ1) is 8.90. The van der Waals surface area contributed by atoms with Gasteiger partial charge in [0.05, 0.1) is 19.3 Å². The largest absolute Gasteiger partial charge is 0.467 e. The standard InChI is InChI=1S/C8H11FO4/c1-13-7(12)8(9)5-3(10)2-4(11)6(5)8/h3-6,10-11H,2H2,1H3/t3-,4+,5+,6?,8+/m1/s1. The summed E-state index contributed by atoms with van der Waals surface area (Å²) in [4.78, 5) is 11.0. The summed E-state index contributed by atoms with van der Waals surface area (Å²) in [5.74, 6) is -2.52. The summed E-state index contributed by atoms with van der Waals surface area (Å²) < 4.78 is 18.0. The third-order valence-electron chi connectivity index (χ3n) is 3.06. The van der Waals surface area contributed by atoms with E-state index in [1.54, 1.807) is 0 Å². The van der Waals surface area contributed by atoms with Crippen molar-refractivity contribution in [2.75, 3.05) is 7.11 Å². The Balaban J connectivity index is 2.19. The van der Waals surface area contributed by atoms with Gasteiger partial charge >= 0.3 is 5.97 Å². The third kappa shape index (κ3) is 0.886. The number of aliphatic hydroxyl groups excluding tert-OH is 2. The molecule has 4 nitrogen and oxygen atoms in total. The Hall–Kier alpha value is -0.680. The van der Waals surface area contributed by atoms with Gasteiger partial charge in [-0.3, -0.25) is 0 Å². The molecular weight excluding hydrogens is 179 g/mol. The lowest BCUT2D eigenvalue weighted by molar-refractivity contribution is -0.152. The molecule has 0 saturated heterocycles. The number of fused-ring (bicyclic) bond motifs is 1. The molecule has 0 aromatic rings. The molecule has 0 aromatic carbocycles. The SMILES string of the molecule is COC(=O)[C@@]1(F)C2[C@@H]1[C@H](O)C[C@@H]2O. The number of alkyl halides is 1. The highest BCUT2D eigenvalue weighted by molar-refractivity contribution is 5.85. The normalized spacial score (nSPS) is 52.9. The number of methoxy groups -OCH3 is 1. The van der Waals surface area contributed by atoms with Crippen molar-refractivity contribution >= 4 is 5.97 Å². The van der Waals surface area contributed by atoms with Gasteiger partial charge in [-0.15, -0.1) is 0 Å². The molecule has 0 radical (unpaired) electrons. The number of carbonyl (C=O) groups is 1. The zero-order chi connectivity index (χ0) is 9.80. The number of carbonyl (C=O) groups excluding carboxylic acids is 1. The second-order valence-electron chi connectivity index (χ2n) is 3.68. The van der Waals surface area contributed by atoms with Crippen molar-refractivity contribution < 1.29 is 24.1 Å². The van der Waals surface area contributed by atoms with Gasteiger partial charge in [0.2, 0.25) is 5.67 Å². The Kier molecular flexibility index (Phi) is 1.66. The molecule has 0 amide bonds. The molecule has 13 heavy (non-hydrogen) atoms. The Bertz CT molecular complexity index is 241. The van der Waals surface area contributed by atoms with Crippen LogP contribution >= 0.6 is 0 Å². The molecule has 74 valence electrons. The van der Waals surface area contributed by atoms with Crippen molar-refractivity contribution in [1.29, 1.82) is 0 Å². The predicted molar refractivity (Wildman–Crippen MR) is 39.5 cm³/mol. The Morgan fingerprint density at radius 1 is 1.46 bits per heavy atom. The van der Waals surface area contributed by atoms with E-state index in [9.17, 15) is 19.4 Å². The van der Waals surface area contributed by atoms with Gasteiger partial charge in [-0.1, -0.05) is 0 Å². The van der Waals surface area contributed by atoms with Gasteiger partial charge in [-0.2, -0.15) is 0 Å². The van der Waals surface area contributed by atoms with Crippen LogP contribution in [-0.2, 0) is 9.53 Å². The van der Waals surface area contributed by atoms with Crippen LogP contribution in [0.5, 0.6) is 0 Å². The molecule has 1 unspecified atom stereocenters. The van der Waals surface area contributed by atoms with E-state index >= 15 is 0 Å². The zero-order valence-corrected chi connectivity index (χ0v) is 7.11. The molecule has 0 aromatic heterocycles. The van der Waals surface area contributed by atoms with Crippen LogP contribution < -0.4 is 0 Å². The molecule has 2 rings (SSSR count). The fourth-order valence-electron chi connectivity index (χ4n) is 2.42. The van der Waals surface area contributed by atoms with Crippen LogP contribution in [0.3, 0.4) is 0 Å². The molecule has 2 saturated carbocycles. The second-order valence-corrected chi connectivity index (χ2v) is 3.68. The fraction of sp³-hybridized carbons (Fsp3) is 0.875. The van der Waals surface area contributed by atoms with Gasteiger partial charge in [0.25, 0.3) is 0 Å². The van der Waals surface area contributed by atoms with E-state index < -0.39 is 35.7 Å². The monoisotopic (exact) mass is 190 g/mol. The van der Waals surface area contributed by atoms with Gasteiger partial charge < -0.3 is 14.9 Å². The van der Waals surface area contributed by atoms with Gasteiger partial charge in [-0.05, 0) is 0 Å². The van der Waals surface area contributed by atoms with E-state index in [2.05, 4.69) is 4.74 Å². The average molecular weight is 190 g/mol. The highest BCUT2D eigenvalue weighted by Gasteiger charge is 2.79. The Labute approximate surface area is 74.3 Å². The van der Waals surface area contributed by atoms with E-state index in [4.69, 9.17) is 0 Å². The molecule has 2 aliphatic rings. The summed E-state index contributed by atoms with van der Waals surface area (Å²) in [5, 5.41) is 18.6. The second kappa shape index (κ2) is 2.42. The minimum Gasteiger partial charge on any atom is -0.467 e. The maximum absolute atomic E-state index is 13.7. The van der Waals surface area contributed by atoms with Crippen LogP contribution in [0.2, 0.25) is 0 Å². The van der Waals surface area contributed by atoms with Gasteiger partial charge in [0, 0.05) is 18.3 Å². The number of esters is 1. The molecule has 5 heteroatoms. The minimum atomic E-state index is -2.15. The number of aliphatic hydroxyl groups is 2. The lowest BCUT2D eigenvalue weighted by Gasteiger charge is -2.14. The lowest BCUT2D eigenvalue weighted by atomic mass is 10.1. The minimum absolute atomic E-state index is 0.151. The van der Waals surface area contributed by atoms with Crippen molar-refractivity contribution in [3.63, 3.8) is 0 Å². The summed E-state index contributed by atoms with van der Waals surface area (Å²) in [7, 11) is 1.09. The number of ether oxygens (including phenoxy) is 1. The predicted octanol–water partition coefficient (Wildman–Crippen LogP) is -0.761. The topological polar surface area (TPSA) is 66.8 Å². The molecular formula is C8H11FO4. The van der Waals surface area contributed by atoms with Gasteiger partial charge in [-0.25, -0.2) is 9.18 Å². The maximum Gasteiger partial charge on any atom is 0.344 e. The third-order valence-corrected chi connectivity index (χ3v) is 3.06. The van der Waals surface area contributed by atoms with Crippen molar-refractivity contribution in [3.05, 3.63) is 0 Å². The lowest BCUT2D eigenvalue weighted by Crippen LogP contribution is -2.32. The molecule has 2 aliphatic carbocycles. The molecule has 0 bridgehead atoms. The summed E-state index contributed by atoms with van der Waals surface area (Å²) in [6.45, 7) is 0. The first-order chi connectivity index (χ1) is 6.03. The van der Waals surface area contributed by atoms with E-state index in [0.717, 1.165) is 7.11 Å². The molecule has 0 heterocycles. The Morgan fingerprint density at radius 3 is 2.31 bits per heavy atom. The highest BCUT2D eigenvalue weighted by Crippen LogP contribution is 2.63. The van der Waals surface area contributed by atoms with Crippen LogP contribution in [0.25, 0.3) is 0 Å². The summed E-state index contributed by atoms with van der Waals surface area (Å²) in [5.41, 5.74) is -2.15. The van der Waals surface area contributed by atoms with Crippen LogP contribution in [0, 0.1) is 11.8 Å². The smallest absolute Gasteiger partial charge is 0.344 e. The van der Waals surface area contributed by atoms with Gasteiger partial charge in [0.15, 0.2) is 0 Å². The maximum atomic E-state index is 13.7. The van der Waals surface area contributed by atoms with Crippen molar-refractivity contribution in [3.8, 4) is 0 Å². The highest BCUT2D eigenvalue weighted by atomic mass is 19.1. The van der Waals surface area contributed by atoms with Crippen molar-refractivity contribution in [1.82, 2.24) is 0 Å². The van der Waals surface area contributed by atoms with E-state index in [0.29, 0.717) is 0 Å². The van der Waals surface area contributed by atoms with Crippen LogP contribution in [-0.4, -0.2) is 41.2 Å². The molecule has 5 atom stereocenters. The zero-order valence-electron chi connectivity index (χ0n) is 7.11. The van der Waals surface area contributed by atoms with Crippen LogP contribution in [0.1, 0.15) is 6.42 Å². The first-order valence-electron chi connectivity index (χ1n) is 4.17. The molecule has 0 spiro atoms. The number of rotatable bonds is 1. The molecule has 2 N–H and O–H groups in total. The Morgan fingerprint density at radius 2 is 1.92 bits per heavy atom. The number of hydrogen-bond acceptors (Lipinski definition) is 4. The fourth-order valence-corrected chi connectivity index (χ4v) is 2.42. The van der Waals surface area contributed by atoms with Crippen LogP contribution in [0.15, 0.2) is 0 Å². The van der Waals surface area contributed by atoms with Crippen LogP contribution in [0.4, 0.5) is 4.39 Å². The number of halogens is 1. The summed E-state index contributed by atoms with van der Waals surface area (Å²) >= 11 is 0. The van der Waals surface area contributed by atoms with E-state index in [1.165, 1.54) is 0 Å². The first-order valence-corrected chi connectivity index (χ1v) is 4.17. The quantitative estimate of drug-likeness (QED) is 0.533.